The number of hydrogen-bond acceptors (Lipinski definition) is 3. The number of nitrogens with one attached hydrogen (secondary N) is 1. The fraction of sp³-hybridized carbons (Fsp3) is 0.500. The van der Waals surface area contributed by atoms with Gasteiger partial charge in [0.15, 0.2) is 0 Å². The zero-order chi connectivity index (χ0) is 13.0. The summed E-state index contributed by atoms with van der Waals surface area (Å²) >= 11 is 1.86. The van der Waals surface area contributed by atoms with Gasteiger partial charge in [0.05, 0.1) is 0 Å². The summed E-state index contributed by atoms with van der Waals surface area (Å²) in [6.45, 7) is 2.22. The number of thiophene rings is 1. The molecule has 0 radical (unpaired) electrons. The first-order valence-electron chi connectivity index (χ1n) is 6.46. The van der Waals surface area contributed by atoms with Crippen molar-refractivity contribution in [3.8, 4) is 0 Å². The molecule has 3 nitrogen and oxygen atoms in total. The molecule has 0 spiro atoms. The zero-order valence-electron chi connectivity index (χ0n) is 11.3. The molecule has 0 saturated heterocycles. The zero-order valence-corrected chi connectivity index (χ0v) is 12.1. The van der Waals surface area contributed by atoms with E-state index in [-0.39, 0.29) is 0 Å². The van der Waals surface area contributed by atoms with Gasteiger partial charge in [0.1, 0.15) is 5.82 Å². The fourth-order valence-electron chi connectivity index (χ4n) is 2.26. The fourth-order valence-corrected chi connectivity index (χ4v) is 3.41. The molecule has 18 heavy (non-hydrogen) atoms. The maximum atomic E-state index is 4.38. The second-order valence-corrected chi connectivity index (χ2v) is 5.45. The van der Waals surface area contributed by atoms with E-state index in [0.29, 0.717) is 6.04 Å². The minimum Gasteiger partial charge on any atom is -0.338 e. The molecule has 0 aliphatic carbocycles. The molecule has 0 fully saturated rings. The Bertz CT molecular complexity index is 487. The molecule has 2 aromatic heterocycles. The molecule has 2 heterocycles. The molecule has 1 N–H and O–H groups in total. The van der Waals surface area contributed by atoms with Crippen LogP contribution in [0.15, 0.2) is 23.8 Å². The van der Waals surface area contributed by atoms with Crippen LogP contribution in [0.3, 0.4) is 0 Å². The molecule has 0 aromatic carbocycles. The predicted octanol–water partition coefficient (Wildman–Crippen LogP) is 2.94. The first-order valence-corrected chi connectivity index (χ1v) is 7.34. The maximum absolute atomic E-state index is 4.38. The highest BCUT2D eigenvalue weighted by molar-refractivity contribution is 7.10. The van der Waals surface area contributed by atoms with Crippen molar-refractivity contribution in [2.75, 3.05) is 7.05 Å². The summed E-state index contributed by atoms with van der Waals surface area (Å²) in [5.74, 6) is 1.16. The van der Waals surface area contributed by atoms with Crippen LogP contribution in [0.4, 0.5) is 0 Å². The molecule has 0 bridgehead atoms. The van der Waals surface area contributed by atoms with Crippen molar-refractivity contribution in [2.24, 2.45) is 7.05 Å². The highest BCUT2D eigenvalue weighted by Crippen LogP contribution is 2.27. The Morgan fingerprint density at radius 1 is 1.50 bits per heavy atom. The third kappa shape index (κ3) is 2.82. The third-order valence-corrected chi connectivity index (χ3v) is 4.48. The second kappa shape index (κ2) is 6.16. The Labute approximate surface area is 113 Å². The second-order valence-electron chi connectivity index (χ2n) is 4.50. The van der Waals surface area contributed by atoms with Gasteiger partial charge in [0, 0.05) is 36.8 Å². The van der Waals surface area contributed by atoms with E-state index in [4.69, 9.17) is 0 Å². The number of hydrogen-bond donors (Lipinski definition) is 1. The van der Waals surface area contributed by atoms with Crippen LogP contribution in [0, 0.1) is 0 Å². The number of aryl methyl sites for hydroxylation is 3. The van der Waals surface area contributed by atoms with Crippen molar-refractivity contribution in [3.05, 3.63) is 40.1 Å². The van der Waals surface area contributed by atoms with Gasteiger partial charge in [-0.3, -0.25) is 0 Å². The average Bonchev–Trinajstić information content (AvgIpc) is 2.99. The van der Waals surface area contributed by atoms with Gasteiger partial charge in [0.25, 0.3) is 0 Å². The summed E-state index contributed by atoms with van der Waals surface area (Å²) in [5.41, 5.74) is 1.47. The molecule has 2 rings (SSSR count). The molecule has 98 valence electrons. The summed E-state index contributed by atoms with van der Waals surface area (Å²) in [5, 5.41) is 5.63. The van der Waals surface area contributed by atoms with Gasteiger partial charge < -0.3 is 9.88 Å². The van der Waals surface area contributed by atoms with Crippen LogP contribution in [0.1, 0.15) is 35.7 Å². The molecule has 4 heteroatoms. The predicted molar refractivity (Wildman–Crippen MR) is 77.0 cm³/mol. The van der Waals surface area contributed by atoms with Gasteiger partial charge in [0.2, 0.25) is 0 Å². The first-order chi connectivity index (χ1) is 8.76. The maximum Gasteiger partial charge on any atom is 0.108 e. The van der Waals surface area contributed by atoms with Crippen LogP contribution in [-0.4, -0.2) is 16.6 Å². The highest BCUT2D eigenvalue weighted by Gasteiger charge is 2.15. The Kier molecular flexibility index (Phi) is 4.55. The van der Waals surface area contributed by atoms with Gasteiger partial charge >= 0.3 is 0 Å². The van der Waals surface area contributed by atoms with E-state index in [1.165, 1.54) is 10.4 Å². The lowest BCUT2D eigenvalue weighted by Gasteiger charge is -2.16. The van der Waals surface area contributed by atoms with E-state index in [1.807, 2.05) is 30.8 Å². The van der Waals surface area contributed by atoms with E-state index < -0.39 is 0 Å². The molecule has 0 amide bonds. The summed E-state index contributed by atoms with van der Waals surface area (Å²) < 4.78 is 2.10. The van der Waals surface area contributed by atoms with E-state index in [2.05, 4.69) is 40.3 Å². The minimum atomic E-state index is 0.441. The molecule has 1 unspecified atom stereocenters. The van der Waals surface area contributed by atoms with Crippen molar-refractivity contribution in [2.45, 2.75) is 32.2 Å². The monoisotopic (exact) mass is 263 g/mol. The lowest BCUT2D eigenvalue weighted by atomic mass is 10.0. The Balaban J connectivity index is 2.04. The van der Waals surface area contributed by atoms with E-state index >= 15 is 0 Å². The highest BCUT2D eigenvalue weighted by atomic mass is 32.1. The molecular weight excluding hydrogens is 242 g/mol. The van der Waals surface area contributed by atoms with E-state index in [0.717, 1.165) is 25.1 Å². The smallest absolute Gasteiger partial charge is 0.108 e. The molecular formula is C14H21N3S. The SMILES string of the molecule is CCc1ccsc1C(CCc1nccn1C)NC. The largest absolute Gasteiger partial charge is 0.338 e. The third-order valence-electron chi connectivity index (χ3n) is 3.40. The standard InChI is InChI=1S/C14H21N3S/c1-4-11-7-10-18-14(11)12(15-2)5-6-13-16-8-9-17(13)3/h7-10,12,15H,4-6H2,1-3H3. The Morgan fingerprint density at radius 3 is 2.94 bits per heavy atom. The number of aromatic nitrogens is 2. The average molecular weight is 263 g/mol. The summed E-state index contributed by atoms with van der Waals surface area (Å²) in [7, 11) is 4.10. The summed E-state index contributed by atoms with van der Waals surface area (Å²) in [4.78, 5) is 5.87. The van der Waals surface area contributed by atoms with Crippen molar-refractivity contribution >= 4 is 11.3 Å². The topological polar surface area (TPSA) is 29.9 Å². The quantitative estimate of drug-likeness (QED) is 0.868. The van der Waals surface area contributed by atoms with Crippen molar-refractivity contribution < 1.29 is 0 Å². The van der Waals surface area contributed by atoms with Crippen molar-refractivity contribution in [1.29, 1.82) is 0 Å². The first kappa shape index (κ1) is 13.3. The van der Waals surface area contributed by atoms with E-state index in [1.54, 1.807) is 0 Å². The molecule has 0 aliphatic rings. The van der Waals surface area contributed by atoms with Gasteiger partial charge in [-0.1, -0.05) is 6.92 Å². The molecule has 0 aliphatic heterocycles. The van der Waals surface area contributed by atoms with Gasteiger partial charge in [-0.05, 0) is 36.9 Å². The van der Waals surface area contributed by atoms with Crippen LogP contribution in [0.5, 0.6) is 0 Å². The van der Waals surface area contributed by atoms with Gasteiger partial charge in [-0.2, -0.15) is 0 Å². The molecule has 0 saturated carbocycles. The van der Waals surface area contributed by atoms with Crippen LogP contribution < -0.4 is 5.32 Å². The van der Waals surface area contributed by atoms with Crippen LogP contribution in [0.2, 0.25) is 0 Å². The molecule has 2 aromatic rings. The van der Waals surface area contributed by atoms with Crippen LogP contribution in [-0.2, 0) is 19.9 Å². The number of rotatable bonds is 6. The lowest BCUT2D eigenvalue weighted by Crippen LogP contribution is -2.17. The lowest BCUT2D eigenvalue weighted by molar-refractivity contribution is 0.540. The van der Waals surface area contributed by atoms with Crippen LogP contribution in [0.25, 0.3) is 0 Å². The minimum absolute atomic E-state index is 0.441. The van der Waals surface area contributed by atoms with Gasteiger partial charge in [-0.25, -0.2) is 4.98 Å². The number of nitrogens with zero attached hydrogens (tertiary/aromatic N) is 2. The Hall–Kier alpha value is -1.13. The van der Waals surface area contributed by atoms with Crippen LogP contribution >= 0.6 is 11.3 Å². The normalized spacial score (nSPS) is 12.8. The summed E-state index contributed by atoms with van der Waals surface area (Å²) in [6.07, 6.45) is 7.09. The van der Waals surface area contributed by atoms with Crippen molar-refractivity contribution in [1.82, 2.24) is 14.9 Å². The van der Waals surface area contributed by atoms with E-state index in [9.17, 15) is 0 Å². The van der Waals surface area contributed by atoms with Gasteiger partial charge in [-0.15, -0.1) is 11.3 Å². The van der Waals surface area contributed by atoms with Crippen molar-refractivity contribution in [3.63, 3.8) is 0 Å². The summed E-state index contributed by atoms with van der Waals surface area (Å²) in [6, 6.07) is 2.68. The molecule has 1 atom stereocenters. The number of imidazole rings is 1. The Morgan fingerprint density at radius 2 is 2.33 bits per heavy atom.